The lowest BCUT2D eigenvalue weighted by molar-refractivity contribution is 0.414. The van der Waals surface area contributed by atoms with Crippen LogP contribution in [0.25, 0.3) is 0 Å². The molecule has 112 valence electrons. The highest BCUT2D eigenvalue weighted by Gasteiger charge is 2.19. The van der Waals surface area contributed by atoms with E-state index in [0.29, 0.717) is 5.02 Å². The van der Waals surface area contributed by atoms with E-state index in [1.807, 2.05) is 24.3 Å². The minimum absolute atomic E-state index is 0.0610. The summed E-state index contributed by atoms with van der Waals surface area (Å²) in [6.07, 6.45) is 0. The predicted molar refractivity (Wildman–Crippen MR) is 92.4 cm³/mol. The minimum atomic E-state index is 0.0610. The second kappa shape index (κ2) is 7.30. The normalized spacial score (nSPS) is 12.2. The minimum Gasteiger partial charge on any atom is -0.497 e. The van der Waals surface area contributed by atoms with Crippen molar-refractivity contribution >= 4 is 27.5 Å². The van der Waals surface area contributed by atoms with Gasteiger partial charge in [0, 0.05) is 9.50 Å². The molecule has 0 amide bonds. The van der Waals surface area contributed by atoms with E-state index in [1.165, 1.54) is 11.1 Å². The van der Waals surface area contributed by atoms with Crippen molar-refractivity contribution in [2.24, 2.45) is 0 Å². The van der Waals surface area contributed by atoms with Crippen LogP contribution in [0.4, 0.5) is 0 Å². The van der Waals surface area contributed by atoms with Crippen LogP contribution in [0.5, 0.6) is 5.75 Å². The maximum atomic E-state index is 6.45. The molecule has 1 atom stereocenters. The Labute approximate surface area is 139 Å². The first-order valence-electron chi connectivity index (χ1n) is 6.90. The van der Waals surface area contributed by atoms with Crippen LogP contribution in [-0.2, 0) is 0 Å². The van der Waals surface area contributed by atoms with E-state index in [-0.39, 0.29) is 6.04 Å². The lowest BCUT2D eigenvalue weighted by Gasteiger charge is -2.23. The fourth-order valence-electron chi connectivity index (χ4n) is 2.40. The van der Waals surface area contributed by atoms with E-state index in [2.05, 4.69) is 47.2 Å². The number of hydrogen-bond acceptors (Lipinski definition) is 2. The largest absolute Gasteiger partial charge is 0.497 e. The third-order valence-corrected chi connectivity index (χ3v) is 4.73. The predicted octanol–water partition coefficient (Wildman–Crippen LogP) is 5.12. The van der Waals surface area contributed by atoms with Crippen molar-refractivity contribution in [3.8, 4) is 5.75 Å². The molecule has 0 bridgehead atoms. The van der Waals surface area contributed by atoms with Crippen molar-refractivity contribution in [3.63, 3.8) is 0 Å². The van der Waals surface area contributed by atoms with Crippen molar-refractivity contribution in [2.45, 2.75) is 19.9 Å². The molecule has 21 heavy (non-hydrogen) atoms. The Bertz CT molecular complexity index is 630. The van der Waals surface area contributed by atoms with Gasteiger partial charge < -0.3 is 10.1 Å². The molecule has 0 spiro atoms. The van der Waals surface area contributed by atoms with Crippen LogP contribution in [0, 0.1) is 6.92 Å². The molecule has 1 N–H and O–H groups in total. The smallest absolute Gasteiger partial charge is 0.120 e. The van der Waals surface area contributed by atoms with Gasteiger partial charge in [0.1, 0.15) is 5.75 Å². The molecular formula is C17H19BrClNO. The molecule has 0 radical (unpaired) electrons. The number of methoxy groups -OCH3 is 1. The van der Waals surface area contributed by atoms with E-state index >= 15 is 0 Å². The molecular weight excluding hydrogens is 350 g/mol. The molecule has 0 saturated heterocycles. The third kappa shape index (κ3) is 3.60. The molecule has 2 nitrogen and oxygen atoms in total. The summed E-state index contributed by atoms with van der Waals surface area (Å²) in [7, 11) is 1.64. The number of benzene rings is 2. The van der Waals surface area contributed by atoms with Crippen LogP contribution >= 0.6 is 27.5 Å². The van der Waals surface area contributed by atoms with Gasteiger partial charge in [-0.25, -0.2) is 0 Å². The first-order chi connectivity index (χ1) is 10.1. The number of rotatable bonds is 5. The average molecular weight is 369 g/mol. The van der Waals surface area contributed by atoms with Gasteiger partial charge in [0.25, 0.3) is 0 Å². The van der Waals surface area contributed by atoms with E-state index in [1.54, 1.807) is 7.11 Å². The third-order valence-electron chi connectivity index (χ3n) is 3.55. The second-order valence-corrected chi connectivity index (χ2v) is 6.09. The quantitative estimate of drug-likeness (QED) is 0.791. The van der Waals surface area contributed by atoms with Crippen molar-refractivity contribution in [3.05, 3.63) is 62.6 Å². The zero-order chi connectivity index (χ0) is 15.4. The zero-order valence-corrected chi connectivity index (χ0v) is 14.8. The highest BCUT2D eigenvalue weighted by Crippen LogP contribution is 2.34. The monoisotopic (exact) mass is 367 g/mol. The van der Waals surface area contributed by atoms with Crippen molar-refractivity contribution < 1.29 is 4.74 Å². The van der Waals surface area contributed by atoms with Crippen LogP contribution < -0.4 is 10.1 Å². The summed E-state index contributed by atoms with van der Waals surface area (Å²) < 4.78 is 6.33. The first kappa shape index (κ1) is 16.3. The summed E-state index contributed by atoms with van der Waals surface area (Å²) in [5.41, 5.74) is 3.49. The highest BCUT2D eigenvalue weighted by atomic mass is 79.9. The summed E-state index contributed by atoms with van der Waals surface area (Å²) >= 11 is 10.0. The van der Waals surface area contributed by atoms with E-state index < -0.39 is 0 Å². The van der Waals surface area contributed by atoms with Gasteiger partial charge in [-0.2, -0.15) is 0 Å². The van der Waals surface area contributed by atoms with Gasteiger partial charge in [0.15, 0.2) is 0 Å². The first-order valence-corrected chi connectivity index (χ1v) is 8.07. The number of ether oxygens (including phenoxy) is 1. The van der Waals surface area contributed by atoms with E-state index in [4.69, 9.17) is 16.3 Å². The van der Waals surface area contributed by atoms with Gasteiger partial charge in [-0.3, -0.25) is 0 Å². The lowest BCUT2D eigenvalue weighted by atomic mass is 9.95. The van der Waals surface area contributed by atoms with Crippen molar-refractivity contribution in [2.75, 3.05) is 13.7 Å². The fraction of sp³-hybridized carbons (Fsp3) is 0.294. The van der Waals surface area contributed by atoms with Gasteiger partial charge in [0.05, 0.1) is 13.2 Å². The topological polar surface area (TPSA) is 21.3 Å². The summed E-state index contributed by atoms with van der Waals surface area (Å²) in [5.74, 6) is 0.768. The Morgan fingerprint density at radius 1 is 1.24 bits per heavy atom. The second-order valence-electron chi connectivity index (χ2n) is 4.83. The van der Waals surface area contributed by atoms with Gasteiger partial charge in [-0.05, 0) is 48.4 Å². The molecule has 0 saturated carbocycles. The van der Waals surface area contributed by atoms with E-state index in [9.17, 15) is 0 Å². The molecule has 0 aliphatic carbocycles. The Balaban J connectivity index is 2.51. The fourth-order valence-corrected chi connectivity index (χ4v) is 3.06. The van der Waals surface area contributed by atoms with E-state index in [0.717, 1.165) is 22.3 Å². The molecule has 0 aromatic heterocycles. The van der Waals surface area contributed by atoms with Gasteiger partial charge >= 0.3 is 0 Å². The number of halogens is 2. The Morgan fingerprint density at radius 2 is 2.00 bits per heavy atom. The van der Waals surface area contributed by atoms with Crippen LogP contribution in [0.2, 0.25) is 5.02 Å². The summed E-state index contributed by atoms with van der Waals surface area (Å²) in [6, 6.07) is 12.1. The molecule has 0 aliphatic rings. The van der Waals surface area contributed by atoms with Crippen LogP contribution in [0.15, 0.2) is 40.9 Å². The SMILES string of the molecule is CCNC(c1ccc(OC)cc1Cl)c1cccc(Br)c1C. The highest BCUT2D eigenvalue weighted by molar-refractivity contribution is 9.10. The standard InChI is InChI=1S/C17H19BrClNO/c1-4-20-17(13-6-5-7-15(18)11(13)2)14-9-8-12(21-3)10-16(14)19/h5-10,17,20H,4H2,1-3H3. The van der Waals surface area contributed by atoms with Crippen LogP contribution in [-0.4, -0.2) is 13.7 Å². The summed E-state index contributed by atoms with van der Waals surface area (Å²) in [6.45, 7) is 5.07. The molecule has 4 heteroatoms. The number of hydrogen-bond donors (Lipinski definition) is 1. The molecule has 2 rings (SSSR count). The average Bonchev–Trinajstić information content (AvgIpc) is 2.48. The van der Waals surface area contributed by atoms with Crippen LogP contribution in [0.3, 0.4) is 0 Å². The van der Waals surface area contributed by atoms with Crippen LogP contribution in [0.1, 0.15) is 29.7 Å². The molecule has 2 aromatic rings. The maximum Gasteiger partial charge on any atom is 0.120 e. The van der Waals surface area contributed by atoms with Crippen molar-refractivity contribution in [1.82, 2.24) is 5.32 Å². The van der Waals surface area contributed by atoms with Gasteiger partial charge in [-0.15, -0.1) is 0 Å². The van der Waals surface area contributed by atoms with Gasteiger partial charge in [0.2, 0.25) is 0 Å². The zero-order valence-electron chi connectivity index (χ0n) is 12.4. The van der Waals surface area contributed by atoms with Crippen molar-refractivity contribution in [1.29, 1.82) is 0 Å². The molecule has 0 heterocycles. The molecule has 0 fully saturated rings. The summed E-state index contributed by atoms with van der Waals surface area (Å²) in [4.78, 5) is 0. The van der Waals surface area contributed by atoms with Gasteiger partial charge in [-0.1, -0.05) is 52.7 Å². The Morgan fingerprint density at radius 3 is 2.62 bits per heavy atom. The number of nitrogens with one attached hydrogen (secondary N) is 1. The lowest BCUT2D eigenvalue weighted by Crippen LogP contribution is -2.23. The molecule has 2 aromatic carbocycles. The Kier molecular flexibility index (Phi) is 5.68. The molecule has 1 unspecified atom stereocenters. The molecule has 0 aliphatic heterocycles. The summed E-state index contributed by atoms with van der Waals surface area (Å²) in [5, 5.41) is 4.22. The Hall–Kier alpha value is -1.03. The maximum absolute atomic E-state index is 6.45.